The van der Waals surface area contributed by atoms with Crippen LogP contribution in [-0.2, 0) is 6.42 Å². The molecule has 19 heavy (non-hydrogen) atoms. The average Bonchev–Trinajstić information content (AvgIpc) is 3.04. The molecule has 0 saturated carbocycles. The largest absolute Gasteiger partial charge is 0.348 e. The van der Waals surface area contributed by atoms with Crippen LogP contribution in [0.25, 0.3) is 0 Å². The summed E-state index contributed by atoms with van der Waals surface area (Å²) in [5, 5.41) is 1.23. The first kappa shape index (κ1) is 13.4. The van der Waals surface area contributed by atoms with E-state index in [1.165, 1.54) is 60.9 Å². The lowest BCUT2D eigenvalue weighted by Gasteiger charge is -2.26. The minimum Gasteiger partial charge on any atom is -0.348 e. The SMILES string of the molecule is CCC1(CC)CCN(c2nc3c(s2)CCCC3N)C1. The summed E-state index contributed by atoms with van der Waals surface area (Å²) >= 11 is 1.89. The van der Waals surface area contributed by atoms with E-state index in [4.69, 9.17) is 10.7 Å². The summed E-state index contributed by atoms with van der Waals surface area (Å²) in [6.07, 6.45) is 7.39. The fourth-order valence-electron chi connectivity index (χ4n) is 3.50. The number of rotatable bonds is 3. The van der Waals surface area contributed by atoms with Crippen LogP contribution >= 0.6 is 11.3 Å². The van der Waals surface area contributed by atoms with Crippen molar-refractivity contribution in [1.82, 2.24) is 4.98 Å². The Hall–Kier alpha value is -0.610. The average molecular weight is 279 g/mol. The van der Waals surface area contributed by atoms with E-state index in [0.717, 1.165) is 6.42 Å². The van der Waals surface area contributed by atoms with Gasteiger partial charge in [0.25, 0.3) is 0 Å². The van der Waals surface area contributed by atoms with Crippen LogP contribution in [-0.4, -0.2) is 18.1 Å². The first-order valence-electron chi connectivity index (χ1n) is 7.67. The normalized spacial score (nSPS) is 25.6. The molecule has 2 N–H and O–H groups in total. The highest BCUT2D eigenvalue weighted by Gasteiger charge is 2.36. The monoisotopic (exact) mass is 279 g/mol. The molecule has 0 spiro atoms. The molecular weight excluding hydrogens is 254 g/mol. The molecule has 1 fully saturated rings. The number of thiazole rings is 1. The van der Waals surface area contributed by atoms with Crippen molar-refractivity contribution in [2.75, 3.05) is 18.0 Å². The minimum atomic E-state index is 0.179. The molecule has 0 aromatic carbocycles. The molecule has 1 atom stereocenters. The third-order valence-electron chi connectivity index (χ3n) is 5.20. The molecule has 1 saturated heterocycles. The molecule has 0 radical (unpaired) electrons. The van der Waals surface area contributed by atoms with E-state index in [0.29, 0.717) is 5.41 Å². The number of hydrogen-bond donors (Lipinski definition) is 1. The maximum atomic E-state index is 6.19. The van der Waals surface area contributed by atoms with Gasteiger partial charge in [0, 0.05) is 24.0 Å². The summed E-state index contributed by atoms with van der Waals surface area (Å²) in [5.74, 6) is 0. The summed E-state index contributed by atoms with van der Waals surface area (Å²) in [5.41, 5.74) is 7.90. The molecule has 1 aromatic heterocycles. The van der Waals surface area contributed by atoms with Gasteiger partial charge in [-0.2, -0.15) is 0 Å². The lowest BCUT2D eigenvalue weighted by molar-refractivity contribution is 0.301. The van der Waals surface area contributed by atoms with Gasteiger partial charge in [-0.15, -0.1) is 11.3 Å². The van der Waals surface area contributed by atoms with Crippen LogP contribution in [0, 0.1) is 5.41 Å². The van der Waals surface area contributed by atoms with Crippen LogP contribution in [0.1, 0.15) is 62.6 Å². The number of hydrogen-bond acceptors (Lipinski definition) is 4. The van der Waals surface area contributed by atoms with Gasteiger partial charge in [-0.05, 0) is 43.9 Å². The van der Waals surface area contributed by atoms with Gasteiger partial charge in [-0.25, -0.2) is 4.98 Å². The van der Waals surface area contributed by atoms with E-state index < -0.39 is 0 Å². The number of aromatic nitrogens is 1. The summed E-state index contributed by atoms with van der Waals surface area (Å²) in [6, 6.07) is 0.179. The number of fused-ring (bicyclic) bond motifs is 1. The fourth-order valence-corrected chi connectivity index (χ4v) is 4.70. The van der Waals surface area contributed by atoms with Crippen LogP contribution in [0.2, 0.25) is 0 Å². The fraction of sp³-hybridized carbons (Fsp3) is 0.800. The highest BCUT2D eigenvalue weighted by molar-refractivity contribution is 7.15. The van der Waals surface area contributed by atoms with Crippen molar-refractivity contribution >= 4 is 16.5 Å². The second-order valence-corrected chi connectivity index (χ2v) is 7.24. The predicted octanol–water partition coefficient (Wildman–Crippen LogP) is 3.50. The van der Waals surface area contributed by atoms with Gasteiger partial charge >= 0.3 is 0 Å². The Morgan fingerprint density at radius 2 is 2.21 bits per heavy atom. The molecule has 1 aromatic rings. The van der Waals surface area contributed by atoms with Crippen LogP contribution in [0.15, 0.2) is 0 Å². The van der Waals surface area contributed by atoms with Crippen molar-refractivity contribution in [3.05, 3.63) is 10.6 Å². The molecule has 3 nitrogen and oxygen atoms in total. The predicted molar refractivity (Wildman–Crippen MR) is 81.8 cm³/mol. The third-order valence-corrected chi connectivity index (χ3v) is 6.39. The van der Waals surface area contributed by atoms with Crippen molar-refractivity contribution in [3.8, 4) is 0 Å². The third kappa shape index (κ3) is 2.29. The van der Waals surface area contributed by atoms with Gasteiger partial charge in [0.05, 0.1) is 5.69 Å². The van der Waals surface area contributed by atoms with E-state index in [1.807, 2.05) is 11.3 Å². The Labute approximate surface area is 120 Å². The van der Waals surface area contributed by atoms with Gasteiger partial charge in [-0.1, -0.05) is 13.8 Å². The molecule has 0 amide bonds. The highest BCUT2D eigenvalue weighted by Crippen LogP contribution is 2.42. The van der Waals surface area contributed by atoms with Crippen molar-refractivity contribution in [2.24, 2.45) is 11.1 Å². The van der Waals surface area contributed by atoms with Gasteiger partial charge in [0.1, 0.15) is 0 Å². The zero-order chi connectivity index (χ0) is 13.5. The zero-order valence-corrected chi connectivity index (χ0v) is 12.9. The second-order valence-electron chi connectivity index (χ2n) is 6.18. The van der Waals surface area contributed by atoms with E-state index in [-0.39, 0.29) is 6.04 Å². The molecule has 1 aliphatic carbocycles. The summed E-state index contributed by atoms with van der Waals surface area (Å²) in [4.78, 5) is 8.81. The molecule has 0 bridgehead atoms. The van der Waals surface area contributed by atoms with Crippen LogP contribution < -0.4 is 10.6 Å². The molecule has 3 rings (SSSR count). The smallest absolute Gasteiger partial charge is 0.185 e. The molecule has 2 heterocycles. The molecule has 106 valence electrons. The Balaban J connectivity index is 1.81. The minimum absolute atomic E-state index is 0.179. The molecule has 1 unspecified atom stereocenters. The molecule has 4 heteroatoms. The zero-order valence-electron chi connectivity index (χ0n) is 12.1. The van der Waals surface area contributed by atoms with E-state index in [9.17, 15) is 0 Å². The van der Waals surface area contributed by atoms with Crippen molar-refractivity contribution in [3.63, 3.8) is 0 Å². The lowest BCUT2D eigenvalue weighted by atomic mass is 9.82. The number of anilines is 1. The number of nitrogens with two attached hydrogens (primary N) is 1. The van der Waals surface area contributed by atoms with Crippen molar-refractivity contribution in [2.45, 2.75) is 58.4 Å². The number of aryl methyl sites for hydroxylation is 1. The van der Waals surface area contributed by atoms with Gasteiger partial charge < -0.3 is 10.6 Å². The summed E-state index contributed by atoms with van der Waals surface area (Å²) in [6.45, 7) is 7.01. The van der Waals surface area contributed by atoms with Gasteiger partial charge in [0.15, 0.2) is 5.13 Å². The van der Waals surface area contributed by atoms with Crippen molar-refractivity contribution < 1.29 is 0 Å². The Bertz CT molecular complexity index is 450. The highest BCUT2D eigenvalue weighted by atomic mass is 32.1. The van der Waals surface area contributed by atoms with Gasteiger partial charge in [-0.3, -0.25) is 0 Å². The molecular formula is C15H25N3S. The van der Waals surface area contributed by atoms with Crippen LogP contribution in [0.4, 0.5) is 5.13 Å². The quantitative estimate of drug-likeness (QED) is 0.921. The van der Waals surface area contributed by atoms with Crippen LogP contribution in [0.3, 0.4) is 0 Å². The summed E-state index contributed by atoms with van der Waals surface area (Å²) in [7, 11) is 0. The van der Waals surface area contributed by atoms with E-state index >= 15 is 0 Å². The van der Waals surface area contributed by atoms with Crippen molar-refractivity contribution in [1.29, 1.82) is 0 Å². The topological polar surface area (TPSA) is 42.2 Å². The first-order valence-corrected chi connectivity index (χ1v) is 8.49. The molecule has 2 aliphatic rings. The van der Waals surface area contributed by atoms with Gasteiger partial charge in [0.2, 0.25) is 0 Å². The summed E-state index contributed by atoms with van der Waals surface area (Å²) < 4.78 is 0. The van der Waals surface area contributed by atoms with E-state index in [1.54, 1.807) is 0 Å². The Kier molecular flexibility index (Phi) is 3.56. The van der Waals surface area contributed by atoms with Crippen LogP contribution in [0.5, 0.6) is 0 Å². The first-order chi connectivity index (χ1) is 9.17. The molecule has 1 aliphatic heterocycles. The Morgan fingerprint density at radius 3 is 2.84 bits per heavy atom. The second kappa shape index (κ2) is 5.06. The van der Waals surface area contributed by atoms with E-state index in [2.05, 4.69) is 18.7 Å². The standard InChI is InChI=1S/C15H25N3S/c1-3-15(4-2)8-9-18(10-15)14-17-13-11(16)6-5-7-12(13)19-14/h11H,3-10,16H2,1-2H3. The lowest BCUT2D eigenvalue weighted by Crippen LogP contribution is -2.26. The number of nitrogens with zero attached hydrogens (tertiary/aromatic N) is 2. The Morgan fingerprint density at radius 1 is 1.42 bits per heavy atom. The maximum Gasteiger partial charge on any atom is 0.185 e. The maximum absolute atomic E-state index is 6.19.